The summed E-state index contributed by atoms with van der Waals surface area (Å²) in [6, 6.07) is 0. The van der Waals surface area contributed by atoms with Gasteiger partial charge in [0.2, 0.25) is 5.91 Å². The minimum absolute atomic E-state index is 0.143. The van der Waals surface area contributed by atoms with Crippen molar-refractivity contribution in [1.29, 1.82) is 0 Å². The molecule has 0 aromatic rings. The Hall–Kier alpha value is -0.700. The van der Waals surface area contributed by atoms with E-state index in [1.54, 1.807) is 11.8 Å². The second kappa shape index (κ2) is 2.74. The number of allylic oxidation sites excluding steroid dienone is 3. The van der Waals surface area contributed by atoms with Gasteiger partial charge in [0.15, 0.2) is 0 Å². The maximum atomic E-state index is 10.9. The van der Waals surface area contributed by atoms with Crippen molar-refractivity contribution in [2.45, 2.75) is 12.8 Å². The Morgan fingerprint density at radius 2 is 2.45 bits per heavy atom. The minimum atomic E-state index is 0.143. The normalized spacial score (nSPS) is 23.1. The molecule has 1 amide bonds. The molecule has 0 unspecified atom stereocenters. The molecule has 1 aliphatic carbocycles. The Kier molecular flexibility index (Phi) is 1.74. The number of carbonyl (C=O) groups excluding carboxylic acids is 1. The molecule has 0 aromatic heterocycles. The summed E-state index contributed by atoms with van der Waals surface area (Å²) in [5.41, 5.74) is 1.12. The fourth-order valence-electron chi connectivity index (χ4n) is 1.25. The molecule has 3 heteroatoms. The van der Waals surface area contributed by atoms with Crippen molar-refractivity contribution in [3.05, 3.63) is 22.8 Å². The Morgan fingerprint density at radius 3 is 3.36 bits per heavy atom. The van der Waals surface area contributed by atoms with Crippen LogP contribution < -0.4 is 5.32 Å². The van der Waals surface area contributed by atoms with Gasteiger partial charge < -0.3 is 5.32 Å². The molecule has 2 nitrogen and oxygen atoms in total. The molecule has 0 spiro atoms. The topological polar surface area (TPSA) is 29.1 Å². The summed E-state index contributed by atoms with van der Waals surface area (Å²) in [6.45, 7) is 0. The van der Waals surface area contributed by atoms with E-state index < -0.39 is 0 Å². The largest absolute Gasteiger partial charge is 0.328 e. The predicted octanol–water partition coefficient (Wildman–Crippen LogP) is 1.41. The fraction of sp³-hybridized carbons (Fsp3) is 0.375. The van der Waals surface area contributed by atoms with Crippen molar-refractivity contribution in [1.82, 2.24) is 5.32 Å². The van der Waals surface area contributed by atoms with E-state index in [1.165, 1.54) is 4.91 Å². The lowest BCUT2D eigenvalue weighted by molar-refractivity contribution is -0.118. The molecule has 0 atom stereocenters. The first kappa shape index (κ1) is 6.98. The molecule has 0 bridgehead atoms. The predicted molar refractivity (Wildman–Crippen MR) is 46.0 cm³/mol. The van der Waals surface area contributed by atoms with Gasteiger partial charge in [-0.3, -0.25) is 4.79 Å². The Labute approximate surface area is 69.7 Å². The molecule has 1 heterocycles. The number of rotatable bonds is 0. The van der Waals surface area contributed by atoms with E-state index >= 15 is 0 Å². The van der Waals surface area contributed by atoms with Gasteiger partial charge in [0, 0.05) is 10.6 Å². The van der Waals surface area contributed by atoms with Crippen molar-refractivity contribution in [2.24, 2.45) is 0 Å². The van der Waals surface area contributed by atoms with Crippen LogP contribution in [0.3, 0.4) is 0 Å². The molecule has 0 fully saturated rings. The van der Waals surface area contributed by atoms with Crippen LogP contribution in [0.1, 0.15) is 12.8 Å². The number of hydrogen-bond acceptors (Lipinski definition) is 2. The van der Waals surface area contributed by atoms with Gasteiger partial charge in [-0.05, 0) is 12.8 Å². The van der Waals surface area contributed by atoms with E-state index in [0.717, 1.165) is 18.5 Å². The lowest BCUT2D eigenvalue weighted by Crippen LogP contribution is -2.29. The molecule has 0 saturated heterocycles. The van der Waals surface area contributed by atoms with Gasteiger partial charge in [-0.1, -0.05) is 12.2 Å². The fourth-order valence-corrected chi connectivity index (χ4v) is 2.13. The van der Waals surface area contributed by atoms with Crippen LogP contribution in [0.4, 0.5) is 0 Å². The Bertz CT molecular complexity index is 255. The van der Waals surface area contributed by atoms with Crippen molar-refractivity contribution in [2.75, 3.05) is 5.75 Å². The zero-order valence-electron chi connectivity index (χ0n) is 6.09. The van der Waals surface area contributed by atoms with E-state index in [1.807, 2.05) is 0 Å². The molecular weight excluding hydrogens is 158 g/mol. The monoisotopic (exact) mass is 167 g/mol. The third-order valence-electron chi connectivity index (χ3n) is 1.78. The maximum absolute atomic E-state index is 10.9. The number of amides is 1. The first-order chi connectivity index (χ1) is 5.36. The highest BCUT2D eigenvalue weighted by molar-refractivity contribution is 8.04. The van der Waals surface area contributed by atoms with E-state index in [-0.39, 0.29) is 5.91 Å². The van der Waals surface area contributed by atoms with Crippen LogP contribution in [0, 0.1) is 0 Å². The zero-order valence-corrected chi connectivity index (χ0v) is 6.91. The Balaban J connectivity index is 2.26. The third-order valence-corrected chi connectivity index (χ3v) is 2.88. The average Bonchev–Trinajstić information content (AvgIpc) is 2.04. The van der Waals surface area contributed by atoms with Crippen molar-refractivity contribution in [3.63, 3.8) is 0 Å². The summed E-state index contributed by atoms with van der Waals surface area (Å²) in [4.78, 5) is 12.2. The highest BCUT2D eigenvalue weighted by Crippen LogP contribution is 2.29. The van der Waals surface area contributed by atoms with Gasteiger partial charge in [-0.2, -0.15) is 0 Å². The van der Waals surface area contributed by atoms with Gasteiger partial charge in [0.25, 0.3) is 0 Å². The van der Waals surface area contributed by atoms with Crippen molar-refractivity contribution >= 4 is 17.7 Å². The molecule has 2 aliphatic rings. The first-order valence-corrected chi connectivity index (χ1v) is 4.67. The summed E-state index contributed by atoms with van der Waals surface area (Å²) in [5.74, 6) is 0.715. The smallest absolute Gasteiger partial charge is 0.234 e. The summed E-state index contributed by atoms with van der Waals surface area (Å²) in [6.07, 6.45) is 6.30. The zero-order chi connectivity index (χ0) is 7.68. The van der Waals surface area contributed by atoms with Crippen LogP contribution >= 0.6 is 11.8 Å². The molecular formula is C8H9NOS. The van der Waals surface area contributed by atoms with Crippen LogP contribution in [-0.4, -0.2) is 11.7 Å². The third kappa shape index (κ3) is 1.33. The van der Waals surface area contributed by atoms with Crippen molar-refractivity contribution < 1.29 is 4.79 Å². The van der Waals surface area contributed by atoms with Crippen LogP contribution in [0.2, 0.25) is 0 Å². The van der Waals surface area contributed by atoms with Crippen molar-refractivity contribution in [3.8, 4) is 0 Å². The lowest BCUT2D eigenvalue weighted by atomic mass is 10.1. The van der Waals surface area contributed by atoms with Crippen LogP contribution in [-0.2, 0) is 4.79 Å². The van der Waals surface area contributed by atoms with E-state index in [0.29, 0.717) is 5.75 Å². The van der Waals surface area contributed by atoms with Crippen LogP contribution in [0.15, 0.2) is 22.8 Å². The molecule has 58 valence electrons. The highest BCUT2D eigenvalue weighted by Gasteiger charge is 2.17. The van der Waals surface area contributed by atoms with Crippen LogP contribution in [0.5, 0.6) is 0 Å². The second-order valence-electron chi connectivity index (χ2n) is 2.62. The van der Waals surface area contributed by atoms with E-state index in [2.05, 4.69) is 17.5 Å². The quantitative estimate of drug-likeness (QED) is 0.591. The Morgan fingerprint density at radius 1 is 1.55 bits per heavy atom. The molecule has 11 heavy (non-hydrogen) atoms. The van der Waals surface area contributed by atoms with Gasteiger partial charge >= 0.3 is 0 Å². The van der Waals surface area contributed by atoms with Gasteiger partial charge in [-0.25, -0.2) is 0 Å². The maximum Gasteiger partial charge on any atom is 0.234 e. The van der Waals surface area contributed by atoms with Gasteiger partial charge in [0.05, 0.1) is 5.75 Å². The summed E-state index contributed by atoms with van der Waals surface area (Å²) in [5, 5.41) is 2.89. The highest BCUT2D eigenvalue weighted by atomic mass is 32.2. The number of nitrogens with one attached hydrogen (secondary N) is 1. The molecule has 2 rings (SSSR count). The molecule has 1 N–H and O–H groups in total. The SMILES string of the molecule is O=C1CSC2=C(CCC=C2)N1. The molecule has 1 aliphatic heterocycles. The first-order valence-electron chi connectivity index (χ1n) is 3.68. The van der Waals surface area contributed by atoms with Gasteiger partial charge in [0.1, 0.15) is 0 Å². The van der Waals surface area contributed by atoms with Gasteiger partial charge in [-0.15, -0.1) is 11.8 Å². The number of carbonyl (C=O) groups is 1. The molecule has 0 aromatic carbocycles. The van der Waals surface area contributed by atoms with E-state index in [9.17, 15) is 4.79 Å². The number of thioether (sulfide) groups is 1. The minimum Gasteiger partial charge on any atom is -0.328 e. The van der Waals surface area contributed by atoms with Crippen LogP contribution in [0.25, 0.3) is 0 Å². The summed E-state index contributed by atoms with van der Waals surface area (Å²) >= 11 is 1.64. The summed E-state index contributed by atoms with van der Waals surface area (Å²) < 4.78 is 0. The standard InChI is InChI=1S/C8H9NOS/c10-8-5-11-7-4-2-1-3-6(7)9-8/h2,4H,1,3,5H2,(H,9,10). The molecule has 0 radical (unpaired) electrons. The lowest BCUT2D eigenvalue weighted by Gasteiger charge is -2.20. The second-order valence-corrected chi connectivity index (χ2v) is 3.64. The molecule has 0 saturated carbocycles. The van der Waals surface area contributed by atoms with E-state index in [4.69, 9.17) is 0 Å². The number of hydrogen-bond donors (Lipinski definition) is 1. The summed E-state index contributed by atoms with van der Waals surface area (Å²) in [7, 11) is 0. The average molecular weight is 167 g/mol.